The average molecular weight is 356 g/mol. The number of nitrogens with one attached hydrogen (secondary N) is 1. The molecule has 3 atom stereocenters. The van der Waals surface area contributed by atoms with Crippen molar-refractivity contribution in [1.82, 2.24) is 10.2 Å². The summed E-state index contributed by atoms with van der Waals surface area (Å²) in [5.74, 6) is -0.387. The SMILES string of the molecule is O=C(CCN1C(=O)[C@H]2CCCC[C@H]2C1=O)N[C@H]1Cc2cccc(O)c2C1. The summed E-state index contributed by atoms with van der Waals surface area (Å²) in [6.45, 7) is 0.168. The molecule has 2 aliphatic carbocycles. The highest BCUT2D eigenvalue weighted by atomic mass is 16.3. The largest absolute Gasteiger partial charge is 0.508 e. The van der Waals surface area contributed by atoms with Gasteiger partial charge in [0, 0.05) is 19.0 Å². The first kappa shape index (κ1) is 17.1. The minimum atomic E-state index is -0.161. The Hall–Kier alpha value is -2.37. The van der Waals surface area contributed by atoms with Crippen LogP contribution < -0.4 is 5.32 Å². The Balaban J connectivity index is 1.30. The Kier molecular flexibility index (Phi) is 4.42. The lowest BCUT2D eigenvalue weighted by Gasteiger charge is -2.19. The number of fused-ring (bicyclic) bond motifs is 2. The van der Waals surface area contributed by atoms with Crippen LogP contribution in [0.5, 0.6) is 5.75 Å². The highest BCUT2D eigenvalue weighted by Gasteiger charge is 2.47. The summed E-state index contributed by atoms with van der Waals surface area (Å²) in [5.41, 5.74) is 1.95. The van der Waals surface area contributed by atoms with E-state index in [1.54, 1.807) is 6.07 Å². The van der Waals surface area contributed by atoms with Crippen molar-refractivity contribution < 1.29 is 19.5 Å². The van der Waals surface area contributed by atoms with Gasteiger partial charge < -0.3 is 10.4 Å². The monoisotopic (exact) mass is 356 g/mol. The molecule has 3 aliphatic rings. The first-order chi connectivity index (χ1) is 12.5. The van der Waals surface area contributed by atoms with E-state index in [1.165, 1.54) is 4.90 Å². The molecule has 2 fully saturated rings. The van der Waals surface area contributed by atoms with E-state index >= 15 is 0 Å². The lowest BCUT2D eigenvalue weighted by atomic mass is 9.81. The zero-order chi connectivity index (χ0) is 18.3. The summed E-state index contributed by atoms with van der Waals surface area (Å²) in [4.78, 5) is 38.5. The normalized spacial score (nSPS) is 27.4. The number of carbonyl (C=O) groups is 3. The van der Waals surface area contributed by atoms with Gasteiger partial charge in [-0.15, -0.1) is 0 Å². The summed E-state index contributed by atoms with van der Waals surface area (Å²) in [7, 11) is 0. The molecule has 0 bridgehead atoms. The van der Waals surface area contributed by atoms with Crippen LogP contribution >= 0.6 is 0 Å². The topological polar surface area (TPSA) is 86.7 Å². The van der Waals surface area contributed by atoms with E-state index in [4.69, 9.17) is 0 Å². The smallest absolute Gasteiger partial charge is 0.233 e. The second-order valence-corrected chi connectivity index (χ2v) is 7.66. The first-order valence-electron chi connectivity index (χ1n) is 9.49. The molecule has 1 aliphatic heterocycles. The quantitative estimate of drug-likeness (QED) is 0.801. The van der Waals surface area contributed by atoms with Crippen molar-refractivity contribution in [3.05, 3.63) is 29.3 Å². The van der Waals surface area contributed by atoms with Crippen LogP contribution in [-0.2, 0) is 27.2 Å². The molecule has 138 valence electrons. The summed E-state index contributed by atoms with van der Waals surface area (Å²) in [6.07, 6.45) is 5.03. The molecule has 1 saturated carbocycles. The number of benzene rings is 1. The van der Waals surface area contributed by atoms with Gasteiger partial charge in [0.05, 0.1) is 11.8 Å². The van der Waals surface area contributed by atoms with Crippen LogP contribution in [0.2, 0.25) is 0 Å². The van der Waals surface area contributed by atoms with Crippen molar-refractivity contribution in [1.29, 1.82) is 0 Å². The zero-order valence-corrected chi connectivity index (χ0v) is 14.7. The number of rotatable bonds is 4. The Morgan fingerprint density at radius 3 is 2.46 bits per heavy atom. The number of likely N-dealkylation sites (tertiary alicyclic amines) is 1. The molecule has 2 N–H and O–H groups in total. The third kappa shape index (κ3) is 2.97. The standard InChI is InChI=1S/C20H24N2O4/c23-17-7-3-4-12-10-13(11-16(12)17)21-18(24)8-9-22-19(25)14-5-1-2-6-15(14)20(22)26/h3-4,7,13-15,23H,1-2,5-6,8-11H2,(H,21,24)/t13-,14-,15+/m0/s1. The Bertz CT molecular complexity index is 736. The van der Waals surface area contributed by atoms with Gasteiger partial charge in [-0.1, -0.05) is 25.0 Å². The molecule has 4 rings (SSSR count). The number of hydrogen-bond donors (Lipinski definition) is 2. The molecule has 0 unspecified atom stereocenters. The highest BCUT2D eigenvalue weighted by molar-refractivity contribution is 6.05. The van der Waals surface area contributed by atoms with Crippen molar-refractivity contribution in [3.8, 4) is 5.75 Å². The van der Waals surface area contributed by atoms with Gasteiger partial charge in [-0.2, -0.15) is 0 Å². The first-order valence-corrected chi connectivity index (χ1v) is 9.49. The van der Waals surface area contributed by atoms with Crippen molar-refractivity contribution in [2.45, 2.75) is 51.0 Å². The van der Waals surface area contributed by atoms with Gasteiger partial charge in [0.15, 0.2) is 0 Å². The number of carbonyl (C=O) groups excluding carboxylic acids is 3. The summed E-state index contributed by atoms with van der Waals surface area (Å²) in [5, 5.41) is 12.9. The Morgan fingerprint density at radius 1 is 1.12 bits per heavy atom. The summed E-state index contributed by atoms with van der Waals surface area (Å²) >= 11 is 0. The number of phenolic OH excluding ortho intramolecular Hbond substituents is 1. The van der Waals surface area contributed by atoms with Gasteiger partial charge in [0.1, 0.15) is 5.75 Å². The van der Waals surface area contributed by atoms with Gasteiger partial charge in [0.25, 0.3) is 0 Å². The number of hydrogen-bond acceptors (Lipinski definition) is 4. The second-order valence-electron chi connectivity index (χ2n) is 7.66. The van der Waals surface area contributed by atoms with E-state index in [0.717, 1.165) is 36.8 Å². The van der Waals surface area contributed by atoms with E-state index in [9.17, 15) is 19.5 Å². The van der Waals surface area contributed by atoms with Gasteiger partial charge in [-0.3, -0.25) is 19.3 Å². The molecule has 0 spiro atoms. The van der Waals surface area contributed by atoms with E-state index < -0.39 is 0 Å². The minimum absolute atomic E-state index is 0.0432. The van der Waals surface area contributed by atoms with Crippen molar-refractivity contribution in [2.24, 2.45) is 11.8 Å². The van der Waals surface area contributed by atoms with Crippen LogP contribution in [0, 0.1) is 11.8 Å². The fraction of sp³-hybridized carbons (Fsp3) is 0.550. The second kappa shape index (κ2) is 6.74. The molecule has 3 amide bonds. The van der Waals surface area contributed by atoms with Crippen molar-refractivity contribution in [3.63, 3.8) is 0 Å². The minimum Gasteiger partial charge on any atom is -0.508 e. The molecule has 1 saturated heterocycles. The third-order valence-corrected chi connectivity index (χ3v) is 6.03. The summed E-state index contributed by atoms with van der Waals surface area (Å²) in [6, 6.07) is 5.39. The van der Waals surface area contributed by atoms with Crippen LogP contribution in [0.1, 0.15) is 43.2 Å². The number of imide groups is 1. The molecular formula is C20H24N2O4. The Morgan fingerprint density at radius 2 is 1.81 bits per heavy atom. The maximum Gasteiger partial charge on any atom is 0.233 e. The molecular weight excluding hydrogens is 332 g/mol. The fourth-order valence-electron chi connectivity index (χ4n) is 4.70. The van der Waals surface area contributed by atoms with Crippen molar-refractivity contribution in [2.75, 3.05) is 6.54 Å². The third-order valence-electron chi connectivity index (χ3n) is 6.03. The molecule has 1 aromatic rings. The lowest BCUT2D eigenvalue weighted by Crippen LogP contribution is -2.39. The van der Waals surface area contributed by atoms with Crippen LogP contribution in [0.15, 0.2) is 18.2 Å². The Labute approximate surface area is 152 Å². The highest BCUT2D eigenvalue weighted by Crippen LogP contribution is 2.38. The molecule has 0 aromatic heterocycles. The molecule has 26 heavy (non-hydrogen) atoms. The molecule has 6 heteroatoms. The maximum atomic E-state index is 12.4. The van der Waals surface area contributed by atoms with E-state index in [2.05, 4.69) is 5.32 Å². The van der Waals surface area contributed by atoms with E-state index in [-0.39, 0.29) is 54.3 Å². The average Bonchev–Trinajstić information content (AvgIpc) is 3.14. The molecule has 0 radical (unpaired) electrons. The van der Waals surface area contributed by atoms with Crippen LogP contribution in [0.4, 0.5) is 0 Å². The molecule has 1 heterocycles. The number of amides is 3. The fourth-order valence-corrected chi connectivity index (χ4v) is 4.70. The van der Waals surface area contributed by atoms with Crippen LogP contribution in [0.3, 0.4) is 0 Å². The maximum absolute atomic E-state index is 12.4. The zero-order valence-electron chi connectivity index (χ0n) is 14.7. The lowest BCUT2D eigenvalue weighted by molar-refractivity contribution is -0.140. The molecule has 6 nitrogen and oxygen atoms in total. The number of aromatic hydroxyl groups is 1. The number of phenols is 1. The summed E-state index contributed by atoms with van der Waals surface area (Å²) < 4.78 is 0. The van der Waals surface area contributed by atoms with Crippen molar-refractivity contribution >= 4 is 17.7 Å². The van der Waals surface area contributed by atoms with E-state index in [1.807, 2.05) is 12.1 Å². The van der Waals surface area contributed by atoms with Crippen LogP contribution in [0.25, 0.3) is 0 Å². The predicted molar refractivity (Wildman–Crippen MR) is 94.2 cm³/mol. The molecule has 1 aromatic carbocycles. The van der Waals surface area contributed by atoms with Gasteiger partial charge in [-0.25, -0.2) is 0 Å². The predicted octanol–water partition coefficient (Wildman–Crippen LogP) is 1.54. The van der Waals surface area contributed by atoms with Gasteiger partial charge in [-0.05, 0) is 42.9 Å². The van der Waals surface area contributed by atoms with Gasteiger partial charge >= 0.3 is 0 Å². The van der Waals surface area contributed by atoms with E-state index in [0.29, 0.717) is 12.8 Å². The van der Waals surface area contributed by atoms with Gasteiger partial charge in [0.2, 0.25) is 17.7 Å². The number of nitrogens with zero attached hydrogens (tertiary/aromatic N) is 1. The van der Waals surface area contributed by atoms with Crippen LogP contribution in [-0.4, -0.2) is 40.3 Å².